The normalized spacial score (nSPS) is 16.5. The first-order valence-corrected chi connectivity index (χ1v) is 6.78. The van der Waals surface area contributed by atoms with Crippen molar-refractivity contribution in [3.05, 3.63) is 28.8 Å². The number of halogens is 1. The minimum absolute atomic E-state index is 0.120. The molecule has 1 aromatic rings. The molecule has 1 aromatic carbocycles. The molecule has 1 fully saturated rings. The maximum absolute atomic E-state index is 12.1. The van der Waals surface area contributed by atoms with E-state index in [1.807, 2.05) is 0 Å². The van der Waals surface area contributed by atoms with E-state index in [-0.39, 0.29) is 5.91 Å². The first kappa shape index (κ1) is 13.3. The van der Waals surface area contributed by atoms with Gasteiger partial charge in [-0.15, -0.1) is 0 Å². The molecule has 1 heterocycles. The van der Waals surface area contributed by atoms with Crippen LogP contribution in [-0.2, 0) is 4.79 Å². The summed E-state index contributed by atoms with van der Waals surface area (Å²) in [7, 11) is 0. The van der Waals surface area contributed by atoms with Crippen LogP contribution in [0, 0.1) is 0 Å². The zero-order valence-electron chi connectivity index (χ0n) is 9.99. The summed E-state index contributed by atoms with van der Waals surface area (Å²) in [6.07, 6.45) is 3.60. The number of nitrogens with two attached hydrogens (primary N) is 1. The van der Waals surface area contributed by atoms with Crippen molar-refractivity contribution in [1.29, 1.82) is 0 Å². The summed E-state index contributed by atoms with van der Waals surface area (Å²) >= 11 is 11.1. The van der Waals surface area contributed by atoms with Gasteiger partial charge in [0.05, 0.1) is 10.7 Å². The van der Waals surface area contributed by atoms with Crippen molar-refractivity contribution in [1.82, 2.24) is 0 Å². The zero-order valence-corrected chi connectivity index (χ0v) is 11.6. The van der Waals surface area contributed by atoms with Gasteiger partial charge in [-0.05, 0) is 25.0 Å². The first-order chi connectivity index (χ1) is 8.59. The van der Waals surface area contributed by atoms with Crippen molar-refractivity contribution in [3.8, 4) is 0 Å². The highest BCUT2D eigenvalue weighted by molar-refractivity contribution is 7.80. The summed E-state index contributed by atoms with van der Waals surface area (Å²) in [6.45, 7) is 0.708. The van der Waals surface area contributed by atoms with Crippen molar-refractivity contribution in [2.24, 2.45) is 5.73 Å². The monoisotopic (exact) mass is 282 g/mol. The quantitative estimate of drug-likeness (QED) is 0.849. The number of hydrogen-bond donors (Lipinski definition) is 1. The summed E-state index contributed by atoms with van der Waals surface area (Å²) in [4.78, 5) is 14.1. The molecule has 96 valence electrons. The zero-order chi connectivity index (χ0) is 13.1. The van der Waals surface area contributed by atoms with Gasteiger partial charge in [0.15, 0.2) is 0 Å². The molecule has 0 radical (unpaired) electrons. The second-order valence-electron chi connectivity index (χ2n) is 4.39. The third-order valence-corrected chi connectivity index (χ3v) is 3.65. The Morgan fingerprint density at radius 1 is 1.33 bits per heavy atom. The van der Waals surface area contributed by atoms with E-state index in [0.717, 1.165) is 24.8 Å². The van der Waals surface area contributed by atoms with Gasteiger partial charge >= 0.3 is 0 Å². The molecule has 0 spiro atoms. The Hall–Kier alpha value is -1.13. The van der Waals surface area contributed by atoms with E-state index in [4.69, 9.17) is 29.6 Å². The van der Waals surface area contributed by atoms with Crippen LogP contribution in [0.15, 0.2) is 18.2 Å². The van der Waals surface area contributed by atoms with E-state index in [2.05, 4.69) is 0 Å². The third-order valence-electron chi connectivity index (χ3n) is 3.09. The number of thiocarbonyl (C=S) groups is 1. The van der Waals surface area contributed by atoms with Crippen molar-refractivity contribution in [2.45, 2.75) is 25.7 Å². The van der Waals surface area contributed by atoms with Crippen LogP contribution in [0.3, 0.4) is 0 Å². The average molecular weight is 283 g/mol. The molecule has 2 rings (SSSR count). The van der Waals surface area contributed by atoms with Crippen LogP contribution in [0.25, 0.3) is 0 Å². The van der Waals surface area contributed by atoms with Crippen LogP contribution in [-0.4, -0.2) is 17.4 Å². The third kappa shape index (κ3) is 2.82. The van der Waals surface area contributed by atoms with E-state index in [1.165, 1.54) is 0 Å². The molecule has 1 aliphatic heterocycles. The number of hydrogen-bond acceptors (Lipinski definition) is 2. The van der Waals surface area contributed by atoms with Crippen molar-refractivity contribution < 1.29 is 4.79 Å². The SMILES string of the molecule is NC(=S)c1ccc(Cl)c(N2CCCCCC2=O)c1. The molecule has 1 aliphatic rings. The van der Waals surface area contributed by atoms with Gasteiger partial charge in [0, 0.05) is 18.5 Å². The molecule has 18 heavy (non-hydrogen) atoms. The van der Waals surface area contributed by atoms with Crippen LogP contribution in [0.4, 0.5) is 5.69 Å². The molecule has 1 saturated heterocycles. The Morgan fingerprint density at radius 2 is 2.11 bits per heavy atom. The molecule has 5 heteroatoms. The van der Waals surface area contributed by atoms with Crippen molar-refractivity contribution >= 4 is 40.4 Å². The lowest BCUT2D eigenvalue weighted by Gasteiger charge is -2.22. The Morgan fingerprint density at radius 3 is 2.83 bits per heavy atom. The molecule has 0 unspecified atom stereocenters. The summed E-state index contributed by atoms with van der Waals surface area (Å²) in [5.41, 5.74) is 7.07. The highest BCUT2D eigenvalue weighted by Crippen LogP contribution is 2.29. The molecule has 2 N–H and O–H groups in total. The minimum Gasteiger partial charge on any atom is -0.389 e. The summed E-state index contributed by atoms with van der Waals surface area (Å²) in [5, 5.41) is 0.560. The standard InChI is InChI=1S/C13H15ClN2OS/c14-10-6-5-9(13(15)18)8-11(10)16-7-3-1-2-4-12(16)17/h5-6,8H,1-4,7H2,(H2,15,18). The lowest BCUT2D eigenvalue weighted by atomic mass is 10.1. The maximum Gasteiger partial charge on any atom is 0.227 e. The fourth-order valence-electron chi connectivity index (χ4n) is 2.11. The molecular formula is C13H15ClN2OS. The highest BCUT2D eigenvalue weighted by atomic mass is 35.5. The predicted molar refractivity (Wildman–Crippen MR) is 78.2 cm³/mol. The van der Waals surface area contributed by atoms with Gasteiger partial charge in [-0.2, -0.15) is 0 Å². The van der Waals surface area contributed by atoms with Crippen LogP contribution in [0.5, 0.6) is 0 Å². The number of anilines is 1. The van der Waals surface area contributed by atoms with Crippen molar-refractivity contribution in [2.75, 3.05) is 11.4 Å². The van der Waals surface area contributed by atoms with Gasteiger partial charge in [-0.25, -0.2) is 0 Å². The summed E-state index contributed by atoms with van der Waals surface area (Å²) in [6, 6.07) is 5.31. The van der Waals surface area contributed by atoms with E-state index in [9.17, 15) is 4.79 Å². The lowest BCUT2D eigenvalue weighted by molar-refractivity contribution is -0.118. The maximum atomic E-state index is 12.1. The Bertz CT molecular complexity index is 490. The van der Waals surface area contributed by atoms with Crippen molar-refractivity contribution in [3.63, 3.8) is 0 Å². The number of rotatable bonds is 2. The Balaban J connectivity index is 2.38. The Kier molecular flexibility index (Phi) is 4.19. The van der Waals surface area contributed by atoms with E-state index < -0.39 is 0 Å². The van der Waals surface area contributed by atoms with Crippen LogP contribution >= 0.6 is 23.8 Å². The van der Waals surface area contributed by atoms with Crippen LogP contribution in [0.2, 0.25) is 5.02 Å². The first-order valence-electron chi connectivity index (χ1n) is 5.99. The van der Waals surface area contributed by atoms with Gasteiger partial charge in [0.2, 0.25) is 5.91 Å². The molecule has 3 nitrogen and oxygen atoms in total. The smallest absolute Gasteiger partial charge is 0.227 e. The predicted octanol–water partition coefficient (Wildman–Crippen LogP) is 2.88. The lowest BCUT2D eigenvalue weighted by Crippen LogP contribution is -2.30. The highest BCUT2D eigenvalue weighted by Gasteiger charge is 2.20. The molecule has 1 amide bonds. The molecule has 0 aromatic heterocycles. The number of nitrogens with zero attached hydrogens (tertiary/aromatic N) is 1. The fraction of sp³-hybridized carbons (Fsp3) is 0.385. The number of carbonyl (C=O) groups excluding carboxylic acids is 1. The second-order valence-corrected chi connectivity index (χ2v) is 5.23. The molecule has 0 aliphatic carbocycles. The minimum atomic E-state index is 0.120. The van der Waals surface area contributed by atoms with Gasteiger partial charge in [-0.3, -0.25) is 4.79 Å². The summed E-state index contributed by atoms with van der Waals surface area (Å²) in [5.74, 6) is 0.120. The second kappa shape index (κ2) is 5.67. The van der Waals surface area contributed by atoms with Crippen LogP contribution in [0.1, 0.15) is 31.2 Å². The summed E-state index contributed by atoms with van der Waals surface area (Å²) < 4.78 is 0. The molecule has 0 atom stereocenters. The number of carbonyl (C=O) groups is 1. The van der Waals surface area contributed by atoms with E-state index in [1.54, 1.807) is 23.1 Å². The van der Waals surface area contributed by atoms with Gasteiger partial charge in [0.25, 0.3) is 0 Å². The van der Waals surface area contributed by atoms with Gasteiger partial charge in [0.1, 0.15) is 4.99 Å². The Labute approximate surface area is 117 Å². The van der Waals surface area contributed by atoms with Crippen LogP contribution < -0.4 is 10.6 Å². The average Bonchev–Trinajstić information content (AvgIpc) is 2.54. The number of benzene rings is 1. The number of amides is 1. The van der Waals surface area contributed by atoms with E-state index in [0.29, 0.717) is 28.7 Å². The molecular weight excluding hydrogens is 268 g/mol. The van der Waals surface area contributed by atoms with Gasteiger partial charge < -0.3 is 10.6 Å². The molecule has 0 bridgehead atoms. The fourth-order valence-corrected chi connectivity index (χ4v) is 2.46. The van der Waals surface area contributed by atoms with Gasteiger partial charge in [-0.1, -0.05) is 36.3 Å². The van der Waals surface area contributed by atoms with E-state index >= 15 is 0 Å². The largest absolute Gasteiger partial charge is 0.389 e. The topological polar surface area (TPSA) is 46.3 Å². The molecule has 0 saturated carbocycles.